The zero-order valence-corrected chi connectivity index (χ0v) is 18.9. The maximum Gasteiger partial charge on any atom is 0.267 e. The molecular weight excluding hydrogens is 410 g/mol. The molecule has 0 radical (unpaired) electrons. The third-order valence-corrected chi connectivity index (χ3v) is 6.67. The molecular formula is C23H27N5O2S. The minimum atomic E-state index is -0.363. The van der Waals surface area contributed by atoms with Crippen LogP contribution in [-0.2, 0) is 4.79 Å². The van der Waals surface area contributed by atoms with E-state index >= 15 is 0 Å². The number of pyridine rings is 1. The van der Waals surface area contributed by atoms with E-state index in [-0.39, 0.29) is 16.7 Å². The number of hydrogen-bond donors (Lipinski definition) is 0. The Labute approximate surface area is 186 Å². The highest BCUT2D eigenvalue weighted by Crippen LogP contribution is 2.26. The van der Waals surface area contributed by atoms with Crippen molar-refractivity contribution in [2.75, 3.05) is 32.7 Å². The number of thioether (sulfide) groups is 1. The molecule has 1 aromatic carbocycles. The molecule has 0 saturated carbocycles. The summed E-state index contributed by atoms with van der Waals surface area (Å²) in [5.41, 5.74) is 1.45. The van der Waals surface area contributed by atoms with Crippen molar-refractivity contribution >= 4 is 28.6 Å². The molecule has 0 aliphatic carbocycles. The van der Waals surface area contributed by atoms with Crippen LogP contribution in [0.1, 0.15) is 19.4 Å². The van der Waals surface area contributed by atoms with Gasteiger partial charge in [-0.15, -0.1) is 0 Å². The molecule has 1 aliphatic rings. The summed E-state index contributed by atoms with van der Waals surface area (Å²) in [6, 6.07) is 11.0. The largest absolute Gasteiger partial charge is 0.339 e. The number of rotatable bonds is 5. The fourth-order valence-electron chi connectivity index (χ4n) is 3.74. The number of piperazine rings is 1. The number of hydrogen-bond acceptors (Lipinski definition) is 6. The van der Waals surface area contributed by atoms with E-state index in [0.29, 0.717) is 21.9 Å². The van der Waals surface area contributed by atoms with Crippen LogP contribution in [0.25, 0.3) is 16.7 Å². The van der Waals surface area contributed by atoms with Crippen molar-refractivity contribution in [3.05, 3.63) is 58.5 Å². The third-order valence-electron chi connectivity index (χ3n) is 5.63. The second-order valence-corrected chi connectivity index (χ2v) is 9.07. The lowest BCUT2D eigenvalue weighted by Crippen LogP contribution is -2.50. The highest BCUT2D eigenvalue weighted by molar-refractivity contribution is 8.00. The standard InChI is InChI=1S/C23H27N5O2S/c1-4-26-11-13-27(14-12-26)21(29)17(3)31-23-25-19-8-6-5-7-18(19)22(30)28(23)20-10-9-16(2)15-24-20/h5-10,15,17H,4,11-14H2,1-3H3/t17-/m0/s1. The van der Waals surface area contributed by atoms with Crippen molar-refractivity contribution in [1.29, 1.82) is 0 Å². The van der Waals surface area contributed by atoms with Crippen LogP contribution in [0.15, 0.2) is 52.5 Å². The zero-order chi connectivity index (χ0) is 22.0. The minimum absolute atomic E-state index is 0.0755. The average Bonchev–Trinajstić information content (AvgIpc) is 2.80. The molecule has 7 nitrogen and oxygen atoms in total. The molecule has 0 unspecified atom stereocenters. The molecule has 1 fully saturated rings. The fraction of sp³-hybridized carbons (Fsp3) is 0.391. The van der Waals surface area contributed by atoms with E-state index in [1.165, 1.54) is 16.3 Å². The highest BCUT2D eigenvalue weighted by Gasteiger charge is 2.27. The molecule has 8 heteroatoms. The summed E-state index contributed by atoms with van der Waals surface area (Å²) in [5, 5.41) is 0.648. The number of aryl methyl sites for hydroxylation is 1. The molecule has 1 atom stereocenters. The van der Waals surface area contributed by atoms with Gasteiger partial charge in [-0.05, 0) is 44.2 Å². The average molecular weight is 438 g/mol. The summed E-state index contributed by atoms with van der Waals surface area (Å²) in [5.74, 6) is 0.583. The maximum atomic E-state index is 13.3. The normalized spacial score (nSPS) is 15.9. The van der Waals surface area contributed by atoms with Gasteiger partial charge in [-0.3, -0.25) is 9.59 Å². The van der Waals surface area contributed by atoms with Gasteiger partial charge in [0.05, 0.1) is 16.2 Å². The van der Waals surface area contributed by atoms with Gasteiger partial charge in [0.2, 0.25) is 5.91 Å². The van der Waals surface area contributed by atoms with E-state index < -0.39 is 0 Å². The van der Waals surface area contributed by atoms with Crippen molar-refractivity contribution in [3.63, 3.8) is 0 Å². The fourth-order valence-corrected chi connectivity index (χ4v) is 4.73. The summed E-state index contributed by atoms with van der Waals surface area (Å²) in [6.45, 7) is 10.2. The van der Waals surface area contributed by atoms with Crippen LogP contribution >= 0.6 is 11.8 Å². The predicted molar refractivity (Wildman–Crippen MR) is 124 cm³/mol. The van der Waals surface area contributed by atoms with Gasteiger partial charge in [0, 0.05) is 32.4 Å². The first-order valence-corrected chi connectivity index (χ1v) is 11.5. The van der Waals surface area contributed by atoms with Crippen molar-refractivity contribution in [3.8, 4) is 5.82 Å². The van der Waals surface area contributed by atoms with E-state index in [0.717, 1.165) is 38.3 Å². The number of amides is 1. The van der Waals surface area contributed by atoms with Crippen LogP contribution in [0.5, 0.6) is 0 Å². The van der Waals surface area contributed by atoms with E-state index in [1.54, 1.807) is 12.3 Å². The van der Waals surface area contributed by atoms with Crippen LogP contribution in [-0.4, -0.2) is 68.2 Å². The van der Waals surface area contributed by atoms with Gasteiger partial charge in [0.15, 0.2) is 5.16 Å². The lowest BCUT2D eigenvalue weighted by atomic mass is 10.2. The summed E-state index contributed by atoms with van der Waals surface area (Å²) in [6.07, 6.45) is 1.73. The molecule has 0 N–H and O–H groups in total. The SMILES string of the molecule is CCN1CCN(C(=O)[C@H](C)Sc2nc3ccccc3c(=O)n2-c2ccc(C)cn2)CC1. The van der Waals surface area contributed by atoms with Crippen LogP contribution in [0.2, 0.25) is 0 Å². The highest BCUT2D eigenvalue weighted by atomic mass is 32.2. The molecule has 3 aromatic rings. The monoisotopic (exact) mass is 437 g/mol. The summed E-state index contributed by atoms with van der Waals surface area (Å²) >= 11 is 1.31. The van der Waals surface area contributed by atoms with E-state index in [9.17, 15) is 9.59 Å². The van der Waals surface area contributed by atoms with Crippen molar-refractivity contribution in [2.45, 2.75) is 31.2 Å². The molecule has 1 aliphatic heterocycles. The van der Waals surface area contributed by atoms with Crippen molar-refractivity contribution < 1.29 is 4.79 Å². The van der Waals surface area contributed by atoms with Gasteiger partial charge >= 0.3 is 0 Å². The number of aromatic nitrogens is 3. The third kappa shape index (κ3) is 4.50. The lowest BCUT2D eigenvalue weighted by molar-refractivity contribution is -0.132. The first kappa shape index (κ1) is 21.5. The molecule has 0 spiro atoms. The van der Waals surface area contributed by atoms with Crippen molar-refractivity contribution in [2.24, 2.45) is 0 Å². The zero-order valence-electron chi connectivity index (χ0n) is 18.1. The van der Waals surface area contributed by atoms with Gasteiger partial charge < -0.3 is 9.80 Å². The Morgan fingerprint density at radius 3 is 2.55 bits per heavy atom. The molecule has 1 amide bonds. The van der Waals surface area contributed by atoms with Gasteiger partial charge in [-0.2, -0.15) is 0 Å². The van der Waals surface area contributed by atoms with Gasteiger partial charge in [0.25, 0.3) is 5.56 Å². The van der Waals surface area contributed by atoms with Crippen LogP contribution in [0, 0.1) is 6.92 Å². The second kappa shape index (κ2) is 9.20. The number of nitrogens with zero attached hydrogens (tertiary/aromatic N) is 5. The first-order chi connectivity index (χ1) is 15.0. The molecule has 31 heavy (non-hydrogen) atoms. The lowest BCUT2D eigenvalue weighted by Gasteiger charge is -2.35. The molecule has 2 aromatic heterocycles. The van der Waals surface area contributed by atoms with Gasteiger partial charge in [0.1, 0.15) is 5.82 Å². The predicted octanol–water partition coefficient (Wildman–Crippen LogP) is 2.73. The first-order valence-electron chi connectivity index (χ1n) is 10.6. The van der Waals surface area contributed by atoms with Crippen LogP contribution in [0.3, 0.4) is 0 Å². The Bertz CT molecular complexity index is 1140. The Kier molecular flexibility index (Phi) is 6.38. The summed E-state index contributed by atoms with van der Waals surface area (Å²) in [7, 11) is 0. The number of carbonyl (C=O) groups excluding carboxylic acids is 1. The van der Waals surface area contributed by atoms with E-state index in [4.69, 9.17) is 4.98 Å². The van der Waals surface area contributed by atoms with Gasteiger partial charge in [-0.1, -0.05) is 36.9 Å². The van der Waals surface area contributed by atoms with E-state index in [2.05, 4.69) is 16.8 Å². The smallest absolute Gasteiger partial charge is 0.267 e. The van der Waals surface area contributed by atoms with Crippen molar-refractivity contribution in [1.82, 2.24) is 24.3 Å². The number of benzene rings is 1. The minimum Gasteiger partial charge on any atom is -0.339 e. The topological polar surface area (TPSA) is 71.3 Å². The molecule has 162 valence electrons. The Morgan fingerprint density at radius 2 is 1.87 bits per heavy atom. The Hall–Kier alpha value is -2.71. The number of para-hydroxylation sites is 1. The molecule has 0 bridgehead atoms. The number of likely N-dealkylation sites (N-methyl/N-ethyl adjacent to an activating group) is 1. The summed E-state index contributed by atoms with van der Waals surface area (Å²) in [4.78, 5) is 39.9. The maximum absolute atomic E-state index is 13.3. The molecule has 1 saturated heterocycles. The quantitative estimate of drug-likeness (QED) is 0.452. The van der Waals surface area contributed by atoms with Gasteiger partial charge in [-0.25, -0.2) is 14.5 Å². The number of fused-ring (bicyclic) bond motifs is 1. The van der Waals surface area contributed by atoms with Crippen LogP contribution in [0.4, 0.5) is 0 Å². The summed E-state index contributed by atoms with van der Waals surface area (Å²) < 4.78 is 1.52. The van der Waals surface area contributed by atoms with E-state index in [1.807, 2.05) is 49.1 Å². The number of carbonyl (C=O) groups is 1. The van der Waals surface area contributed by atoms with Crippen LogP contribution < -0.4 is 5.56 Å². The second-order valence-electron chi connectivity index (χ2n) is 7.77. The Morgan fingerprint density at radius 1 is 1.13 bits per heavy atom. The molecule has 4 rings (SSSR count). The Balaban J connectivity index is 1.67. The molecule has 3 heterocycles.